The molecule has 0 aromatic heterocycles. The van der Waals surface area contributed by atoms with Gasteiger partial charge in [-0.05, 0) is 57.8 Å². The third-order valence-electron chi connectivity index (χ3n) is 9.79. The number of amides is 1. The summed E-state index contributed by atoms with van der Waals surface area (Å²) in [7, 11) is 0. The lowest BCUT2D eigenvalue weighted by Gasteiger charge is -2.22. The van der Waals surface area contributed by atoms with Crippen LogP contribution in [0.3, 0.4) is 0 Å². The SMILES string of the molecule is CC/C=C\C/C=C\C/C=C\C/C=C\C/C=C\CCCCCCCC(=O)NC(CO)C(O)CCCCCCCCCCCCCCCCCCCC. The van der Waals surface area contributed by atoms with E-state index in [4.69, 9.17) is 0 Å². The molecule has 0 aliphatic heterocycles. The van der Waals surface area contributed by atoms with Crippen LogP contribution in [0.15, 0.2) is 60.8 Å². The highest BCUT2D eigenvalue weighted by molar-refractivity contribution is 5.76. The molecule has 0 spiro atoms. The maximum Gasteiger partial charge on any atom is 0.220 e. The van der Waals surface area contributed by atoms with Crippen LogP contribution in [0.4, 0.5) is 0 Å². The number of hydrogen-bond donors (Lipinski definition) is 3. The van der Waals surface area contributed by atoms with Crippen molar-refractivity contribution in [3.63, 3.8) is 0 Å². The maximum absolute atomic E-state index is 12.4. The molecule has 4 nitrogen and oxygen atoms in total. The van der Waals surface area contributed by atoms with E-state index in [-0.39, 0.29) is 12.5 Å². The molecule has 51 heavy (non-hydrogen) atoms. The van der Waals surface area contributed by atoms with E-state index in [0.717, 1.165) is 70.6 Å². The van der Waals surface area contributed by atoms with E-state index in [9.17, 15) is 15.0 Å². The van der Waals surface area contributed by atoms with Gasteiger partial charge in [-0.25, -0.2) is 0 Å². The summed E-state index contributed by atoms with van der Waals surface area (Å²) in [4.78, 5) is 12.4. The van der Waals surface area contributed by atoms with Crippen molar-refractivity contribution in [1.82, 2.24) is 5.32 Å². The smallest absolute Gasteiger partial charge is 0.220 e. The second-order valence-electron chi connectivity index (χ2n) is 14.7. The normalized spacial score (nSPS) is 13.6. The van der Waals surface area contributed by atoms with Gasteiger partial charge in [-0.2, -0.15) is 0 Å². The van der Waals surface area contributed by atoms with Gasteiger partial charge in [0.25, 0.3) is 0 Å². The molecule has 296 valence electrons. The first-order valence-corrected chi connectivity index (χ1v) is 22.0. The number of unbranched alkanes of at least 4 members (excludes halogenated alkanes) is 22. The first-order chi connectivity index (χ1) is 25.2. The minimum absolute atomic E-state index is 0.0512. The molecule has 2 unspecified atom stereocenters. The van der Waals surface area contributed by atoms with Gasteiger partial charge in [0.05, 0.1) is 18.8 Å². The summed E-state index contributed by atoms with van der Waals surface area (Å²) in [6.45, 7) is 4.24. The highest BCUT2D eigenvalue weighted by Gasteiger charge is 2.19. The van der Waals surface area contributed by atoms with Crippen LogP contribution in [0.2, 0.25) is 0 Å². The molecule has 0 radical (unpaired) electrons. The van der Waals surface area contributed by atoms with E-state index in [1.165, 1.54) is 116 Å². The number of carbonyl (C=O) groups is 1. The molecule has 4 heteroatoms. The Kier molecular flexibility index (Phi) is 40.9. The summed E-state index contributed by atoms with van der Waals surface area (Å²) in [6.07, 6.45) is 58.6. The van der Waals surface area contributed by atoms with E-state index >= 15 is 0 Å². The van der Waals surface area contributed by atoms with Crippen molar-refractivity contribution in [2.24, 2.45) is 0 Å². The monoisotopic (exact) mass is 712 g/mol. The van der Waals surface area contributed by atoms with Crippen molar-refractivity contribution in [3.8, 4) is 0 Å². The van der Waals surface area contributed by atoms with E-state index in [0.29, 0.717) is 12.8 Å². The molecular weight excluding hydrogens is 627 g/mol. The highest BCUT2D eigenvalue weighted by Crippen LogP contribution is 2.16. The molecule has 0 aromatic rings. The molecule has 0 saturated heterocycles. The predicted octanol–water partition coefficient (Wildman–Crippen LogP) is 13.7. The Labute approximate surface area is 317 Å². The molecule has 0 bridgehead atoms. The van der Waals surface area contributed by atoms with Crippen LogP contribution in [-0.4, -0.2) is 34.9 Å². The second-order valence-corrected chi connectivity index (χ2v) is 14.7. The lowest BCUT2D eigenvalue weighted by atomic mass is 10.0. The molecule has 3 N–H and O–H groups in total. The molecule has 0 saturated carbocycles. The second kappa shape index (κ2) is 42.5. The van der Waals surface area contributed by atoms with Crippen LogP contribution >= 0.6 is 0 Å². The summed E-state index contributed by atoms with van der Waals surface area (Å²) in [6, 6.07) is -0.549. The van der Waals surface area contributed by atoms with Crippen LogP contribution < -0.4 is 5.32 Å². The predicted molar refractivity (Wildman–Crippen MR) is 225 cm³/mol. The lowest BCUT2D eigenvalue weighted by molar-refractivity contribution is -0.123. The topological polar surface area (TPSA) is 69.6 Å². The van der Waals surface area contributed by atoms with Gasteiger partial charge in [-0.3, -0.25) is 4.79 Å². The Morgan fingerprint density at radius 1 is 0.490 bits per heavy atom. The minimum Gasteiger partial charge on any atom is -0.394 e. The third kappa shape index (κ3) is 39.1. The van der Waals surface area contributed by atoms with Crippen molar-refractivity contribution in [2.45, 2.75) is 225 Å². The van der Waals surface area contributed by atoms with E-state index < -0.39 is 12.1 Å². The van der Waals surface area contributed by atoms with Gasteiger partial charge in [0.2, 0.25) is 5.91 Å². The van der Waals surface area contributed by atoms with Gasteiger partial charge in [-0.1, -0.05) is 209 Å². The van der Waals surface area contributed by atoms with Crippen molar-refractivity contribution >= 4 is 5.91 Å². The Hall–Kier alpha value is -1.91. The Bertz CT molecular complexity index is 858. The van der Waals surface area contributed by atoms with Crippen molar-refractivity contribution in [2.75, 3.05) is 6.61 Å². The van der Waals surface area contributed by atoms with Crippen molar-refractivity contribution < 1.29 is 15.0 Å². The van der Waals surface area contributed by atoms with Gasteiger partial charge >= 0.3 is 0 Å². The van der Waals surface area contributed by atoms with Crippen LogP contribution in [0.1, 0.15) is 213 Å². The Morgan fingerprint density at radius 2 is 0.863 bits per heavy atom. The zero-order chi connectivity index (χ0) is 37.1. The molecule has 0 heterocycles. The molecule has 0 rings (SSSR count). The summed E-state index contributed by atoms with van der Waals surface area (Å²) >= 11 is 0. The fourth-order valence-electron chi connectivity index (χ4n) is 6.45. The molecule has 0 aromatic carbocycles. The standard InChI is InChI=1S/C47H85NO3/c1-3-5-7-9-11-13-15-17-19-21-23-24-25-27-29-31-33-35-37-39-41-43-47(51)48-45(44-49)46(50)42-40-38-36-34-32-30-28-26-22-20-18-16-14-12-10-8-6-4-2/h5,7,11,13,17,19,23-24,27,29,45-46,49-50H,3-4,6,8-10,12,14-16,18,20-22,25-26,28,30-44H2,1-2H3,(H,48,51)/b7-5-,13-11-,19-17-,24-23-,29-27-. The molecule has 0 aliphatic rings. The van der Waals surface area contributed by atoms with Crippen LogP contribution in [0.5, 0.6) is 0 Å². The zero-order valence-corrected chi connectivity index (χ0v) is 33.9. The number of allylic oxidation sites excluding steroid dienone is 10. The van der Waals surface area contributed by atoms with Crippen molar-refractivity contribution in [3.05, 3.63) is 60.8 Å². The summed E-state index contributed by atoms with van der Waals surface area (Å²) in [5.41, 5.74) is 0. The first kappa shape index (κ1) is 49.1. The number of hydrogen-bond acceptors (Lipinski definition) is 3. The van der Waals surface area contributed by atoms with Crippen LogP contribution in [0, 0.1) is 0 Å². The quantitative estimate of drug-likeness (QED) is 0.0439. The van der Waals surface area contributed by atoms with Gasteiger partial charge < -0.3 is 15.5 Å². The summed E-state index contributed by atoms with van der Waals surface area (Å²) in [5.74, 6) is -0.0512. The number of aliphatic hydroxyl groups is 2. The average Bonchev–Trinajstić information content (AvgIpc) is 3.13. The highest BCUT2D eigenvalue weighted by atomic mass is 16.3. The van der Waals surface area contributed by atoms with Crippen molar-refractivity contribution in [1.29, 1.82) is 0 Å². The fraction of sp³-hybridized carbons (Fsp3) is 0.766. The lowest BCUT2D eigenvalue weighted by Crippen LogP contribution is -2.45. The molecule has 0 aliphatic carbocycles. The van der Waals surface area contributed by atoms with Crippen LogP contribution in [-0.2, 0) is 4.79 Å². The summed E-state index contributed by atoms with van der Waals surface area (Å²) in [5, 5.41) is 23.2. The third-order valence-corrected chi connectivity index (χ3v) is 9.79. The largest absolute Gasteiger partial charge is 0.394 e. The Morgan fingerprint density at radius 3 is 1.29 bits per heavy atom. The van der Waals surface area contributed by atoms with Gasteiger partial charge in [-0.15, -0.1) is 0 Å². The molecule has 2 atom stereocenters. The van der Waals surface area contributed by atoms with Gasteiger partial charge in [0.15, 0.2) is 0 Å². The average molecular weight is 712 g/mol. The van der Waals surface area contributed by atoms with Crippen LogP contribution in [0.25, 0.3) is 0 Å². The van der Waals surface area contributed by atoms with Gasteiger partial charge in [0.1, 0.15) is 0 Å². The van der Waals surface area contributed by atoms with E-state index in [2.05, 4.69) is 79.9 Å². The number of rotatable bonds is 39. The number of aliphatic hydroxyl groups excluding tert-OH is 2. The fourth-order valence-corrected chi connectivity index (χ4v) is 6.45. The molecular formula is C47H85NO3. The zero-order valence-electron chi connectivity index (χ0n) is 33.9. The van der Waals surface area contributed by atoms with E-state index in [1.807, 2.05) is 0 Å². The number of nitrogens with one attached hydrogen (secondary N) is 1. The molecule has 1 amide bonds. The van der Waals surface area contributed by atoms with E-state index in [1.54, 1.807) is 0 Å². The minimum atomic E-state index is -0.670. The molecule has 0 fully saturated rings. The number of carbonyl (C=O) groups excluding carboxylic acids is 1. The van der Waals surface area contributed by atoms with Gasteiger partial charge in [0, 0.05) is 6.42 Å². The first-order valence-electron chi connectivity index (χ1n) is 22.0. The summed E-state index contributed by atoms with van der Waals surface area (Å²) < 4.78 is 0. The maximum atomic E-state index is 12.4. The Balaban J connectivity index is 3.60.